The van der Waals surface area contributed by atoms with Gasteiger partial charge in [0, 0.05) is 5.41 Å². The molecule has 1 saturated carbocycles. The van der Waals surface area contributed by atoms with Gasteiger partial charge in [0.05, 0.1) is 18.5 Å². The van der Waals surface area contributed by atoms with Crippen molar-refractivity contribution in [2.75, 3.05) is 12.4 Å². The summed E-state index contributed by atoms with van der Waals surface area (Å²) >= 11 is 0. The monoisotopic (exact) mass is 263 g/mol. The number of primary sulfonamides is 1. The fourth-order valence-corrected chi connectivity index (χ4v) is 3.63. The molecule has 5 heteroatoms. The van der Waals surface area contributed by atoms with Gasteiger partial charge >= 0.3 is 0 Å². The summed E-state index contributed by atoms with van der Waals surface area (Å²) in [7, 11) is -3.43. The zero-order chi connectivity index (χ0) is 13.1. The van der Waals surface area contributed by atoms with E-state index >= 15 is 0 Å². The van der Waals surface area contributed by atoms with Crippen LogP contribution in [0.1, 0.15) is 46.5 Å². The van der Waals surface area contributed by atoms with Crippen LogP contribution < -0.4 is 5.14 Å². The highest BCUT2D eigenvalue weighted by molar-refractivity contribution is 7.89. The average Bonchev–Trinajstić information content (AvgIpc) is 2.11. The first-order valence-corrected chi connectivity index (χ1v) is 8.01. The molecule has 0 aromatic rings. The van der Waals surface area contributed by atoms with Crippen LogP contribution in [0, 0.1) is 11.3 Å². The summed E-state index contributed by atoms with van der Waals surface area (Å²) in [6, 6.07) is 0. The highest BCUT2D eigenvalue weighted by Gasteiger charge is 2.27. The Bertz CT molecular complexity index is 338. The summed E-state index contributed by atoms with van der Waals surface area (Å²) in [5.41, 5.74) is -0.408. The van der Waals surface area contributed by atoms with Crippen molar-refractivity contribution < 1.29 is 13.2 Å². The molecule has 0 spiro atoms. The molecule has 0 radical (unpaired) electrons. The topological polar surface area (TPSA) is 69.4 Å². The maximum atomic E-state index is 11.1. The van der Waals surface area contributed by atoms with E-state index < -0.39 is 15.4 Å². The van der Waals surface area contributed by atoms with Crippen molar-refractivity contribution in [1.82, 2.24) is 0 Å². The first-order chi connectivity index (χ1) is 7.68. The van der Waals surface area contributed by atoms with Gasteiger partial charge in [-0.05, 0) is 18.8 Å². The second-order valence-electron chi connectivity index (χ2n) is 6.18. The van der Waals surface area contributed by atoms with Crippen LogP contribution in [-0.4, -0.2) is 26.9 Å². The minimum absolute atomic E-state index is 0.0255. The quantitative estimate of drug-likeness (QED) is 0.823. The van der Waals surface area contributed by atoms with E-state index in [1.54, 1.807) is 0 Å². The zero-order valence-electron chi connectivity index (χ0n) is 11.1. The van der Waals surface area contributed by atoms with Gasteiger partial charge in [-0.2, -0.15) is 0 Å². The summed E-state index contributed by atoms with van der Waals surface area (Å²) in [5, 5.41) is 5.07. The molecule has 0 saturated heterocycles. The van der Waals surface area contributed by atoms with Gasteiger partial charge in [-0.25, -0.2) is 13.6 Å². The van der Waals surface area contributed by atoms with Crippen LogP contribution >= 0.6 is 0 Å². The first-order valence-electron chi connectivity index (χ1n) is 6.30. The molecule has 0 aromatic heterocycles. The van der Waals surface area contributed by atoms with Crippen molar-refractivity contribution in [3.05, 3.63) is 0 Å². The highest BCUT2D eigenvalue weighted by atomic mass is 32.2. The molecule has 0 aliphatic heterocycles. The van der Waals surface area contributed by atoms with Gasteiger partial charge in [-0.3, -0.25) is 0 Å². The third-order valence-corrected chi connectivity index (χ3v) is 4.37. The molecule has 17 heavy (non-hydrogen) atoms. The molecule has 102 valence electrons. The van der Waals surface area contributed by atoms with Gasteiger partial charge in [0.15, 0.2) is 0 Å². The molecule has 1 rings (SSSR count). The second-order valence-corrected chi connectivity index (χ2v) is 7.79. The Morgan fingerprint density at radius 2 is 2.00 bits per heavy atom. The van der Waals surface area contributed by atoms with Crippen molar-refractivity contribution in [3.63, 3.8) is 0 Å². The van der Waals surface area contributed by atoms with Gasteiger partial charge in [0.25, 0.3) is 0 Å². The van der Waals surface area contributed by atoms with Gasteiger partial charge in [-0.1, -0.05) is 33.6 Å². The Balaban J connectivity index is 2.38. The normalized spacial score (nSPS) is 27.1. The molecule has 2 atom stereocenters. The fourth-order valence-electron chi connectivity index (χ4n) is 2.46. The molecular weight excluding hydrogens is 238 g/mol. The summed E-state index contributed by atoms with van der Waals surface area (Å²) in [6.07, 6.45) is 4.96. The minimum atomic E-state index is -3.43. The van der Waals surface area contributed by atoms with Gasteiger partial charge in [0.2, 0.25) is 10.0 Å². The van der Waals surface area contributed by atoms with E-state index in [-0.39, 0.29) is 5.75 Å². The molecule has 1 aliphatic carbocycles. The van der Waals surface area contributed by atoms with Gasteiger partial charge in [-0.15, -0.1) is 0 Å². The van der Waals surface area contributed by atoms with Crippen LogP contribution in [-0.2, 0) is 14.8 Å². The zero-order valence-corrected chi connectivity index (χ0v) is 11.9. The van der Waals surface area contributed by atoms with Gasteiger partial charge in [0.1, 0.15) is 0 Å². The molecule has 4 nitrogen and oxygen atoms in total. The number of hydrogen-bond donors (Lipinski definition) is 1. The molecule has 0 bridgehead atoms. The summed E-state index contributed by atoms with van der Waals surface area (Å²) in [4.78, 5) is 0. The second kappa shape index (κ2) is 5.67. The number of rotatable bonds is 5. The number of ether oxygens (including phenoxy) is 1. The summed E-state index contributed by atoms with van der Waals surface area (Å²) in [5.74, 6) is 0.692. The van der Waals surface area contributed by atoms with E-state index in [0.29, 0.717) is 12.7 Å². The highest BCUT2D eigenvalue weighted by Crippen LogP contribution is 2.27. The maximum Gasteiger partial charge on any atom is 0.209 e. The third kappa shape index (κ3) is 6.38. The SMILES string of the molecule is CC1CCCC(OCC(C)(C)CS(N)(=O)=O)C1. The van der Waals surface area contributed by atoms with E-state index in [4.69, 9.17) is 9.88 Å². The molecule has 0 amide bonds. The van der Waals surface area contributed by atoms with Crippen LogP contribution in [0.15, 0.2) is 0 Å². The van der Waals surface area contributed by atoms with Crippen LogP contribution in [0.2, 0.25) is 0 Å². The van der Waals surface area contributed by atoms with Crippen LogP contribution in [0.3, 0.4) is 0 Å². The summed E-state index contributed by atoms with van der Waals surface area (Å²) < 4.78 is 28.0. The standard InChI is InChI=1S/C12H25NO3S/c1-10-5-4-6-11(7-10)16-8-12(2,3)9-17(13,14)15/h10-11H,4-9H2,1-3H3,(H2,13,14,15). The summed E-state index contributed by atoms with van der Waals surface area (Å²) in [6.45, 7) is 6.46. The van der Waals surface area contributed by atoms with E-state index in [0.717, 1.165) is 18.8 Å². The Hall–Kier alpha value is -0.130. The van der Waals surface area contributed by atoms with E-state index in [9.17, 15) is 8.42 Å². The Morgan fingerprint density at radius 1 is 1.35 bits per heavy atom. The predicted octanol–water partition coefficient (Wildman–Crippen LogP) is 1.90. The Morgan fingerprint density at radius 3 is 2.53 bits per heavy atom. The van der Waals surface area contributed by atoms with Crippen molar-refractivity contribution in [3.8, 4) is 0 Å². The lowest BCUT2D eigenvalue weighted by Crippen LogP contribution is -2.35. The van der Waals surface area contributed by atoms with E-state index in [1.165, 1.54) is 12.8 Å². The van der Waals surface area contributed by atoms with Crippen molar-refractivity contribution in [1.29, 1.82) is 0 Å². The largest absolute Gasteiger partial charge is 0.378 e. The van der Waals surface area contributed by atoms with Crippen molar-refractivity contribution in [2.45, 2.75) is 52.6 Å². The molecule has 1 fully saturated rings. The lowest BCUT2D eigenvalue weighted by atomic mass is 9.88. The third-order valence-electron chi connectivity index (χ3n) is 3.19. The lowest BCUT2D eigenvalue weighted by molar-refractivity contribution is -0.0183. The van der Waals surface area contributed by atoms with E-state index in [1.807, 2.05) is 13.8 Å². The number of nitrogens with two attached hydrogens (primary N) is 1. The maximum absolute atomic E-state index is 11.1. The molecule has 0 aromatic carbocycles. The molecule has 0 heterocycles. The number of hydrogen-bond acceptors (Lipinski definition) is 3. The van der Waals surface area contributed by atoms with Crippen LogP contribution in [0.25, 0.3) is 0 Å². The minimum Gasteiger partial charge on any atom is -0.378 e. The lowest BCUT2D eigenvalue weighted by Gasteiger charge is -2.31. The average molecular weight is 263 g/mol. The Labute approximate surface area is 105 Å². The molecule has 2 unspecified atom stereocenters. The van der Waals surface area contributed by atoms with Crippen LogP contribution in [0.5, 0.6) is 0 Å². The van der Waals surface area contributed by atoms with Crippen molar-refractivity contribution in [2.24, 2.45) is 16.5 Å². The first kappa shape index (κ1) is 14.9. The fraction of sp³-hybridized carbons (Fsp3) is 1.00. The van der Waals surface area contributed by atoms with Crippen LogP contribution in [0.4, 0.5) is 0 Å². The van der Waals surface area contributed by atoms with Gasteiger partial charge < -0.3 is 4.74 Å². The predicted molar refractivity (Wildman–Crippen MR) is 69.1 cm³/mol. The molecule has 1 aliphatic rings. The number of sulfonamides is 1. The molecule has 2 N–H and O–H groups in total. The van der Waals surface area contributed by atoms with Crippen molar-refractivity contribution >= 4 is 10.0 Å². The van der Waals surface area contributed by atoms with E-state index in [2.05, 4.69) is 6.92 Å². The Kier molecular flexibility index (Phi) is 4.98. The molecular formula is C12H25NO3S. The smallest absolute Gasteiger partial charge is 0.209 e.